The molecule has 0 spiro atoms. The van der Waals surface area contributed by atoms with Gasteiger partial charge in [-0.3, -0.25) is 9.59 Å². The molecule has 1 aromatic carbocycles. The molecule has 0 saturated heterocycles. The van der Waals surface area contributed by atoms with Crippen molar-refractivity contribution in [1.29, 1.82) is 0 Å². The van der Waals surface area contributed by atoms with Crippen molar-refractivity contribution >= 4 is 18.0 Å². The number of hydrogen-bond acceptors (Lipinski definition) is 4. The normalized spacial score (nSPS) is 15.6. The van der Waals surface area contributed by atoms with E-state index in [9.17, 15) is 9.59 Å². The summed E-state index contributed by atoms with van der Waals surface area (Å²) in [5.74, 6) is -0.190. The fourth-order valence-electron chi connectivity index (χ4n) is 2.46. The molecule has 0 bridgehead atoms. The quantitative estimate of drug-likeness (QED) is 0.569. The van der Waals surface area contributed by atoms with Crippen LogP contribution in [0, 0.1) is 5.92 Å². The van der Waals surface area contributed by atoms with E-state index in [4.69, 9.17) is 5.11 Å². The summed E-state index contributed by atoms with van der Waals surface area (Å²) in [5.41, 5.74) is 3.11. The van der Waals surface area contributed by atoms with Crippen molar-refractivity contribution in [3.8, 4) is 5.75 Å². The first-order valence-electron chi connectivity index (χ1n) is 7.54. The molecule has 2 rings (SSSR count). The molecule has 3 N–H and O–H groups in total. The van der Waals surface area contributed by atoms with Gasteiger partial charge in [-0.25, -0.2) is 5.43 Å². The molecule has 0 unspecified atom stereocenters. The van der Waals surface area contributed by atoms with Crippen LogP contribution in [-0.4, -0.2) is 29.7 Å². The third-order valence-corrected chi connectivity index (χ3v) is 3.70. The molecule has 6 heteroatoms. The van der Waals surface area contributed by atoms with E-state index in [1.165, 1.54) is 24.8 Å². The maximum atomic E-state index is 11.9. The van der Waals surface area contributed by atoms with Gasteiger partial charge in [0.15, 0.2) is 0 Å². The van der Waals surface area contributed by atoms with Crippen LogP contribution >= 0.6 is 0 Å². The molecule has 1 aliphatic rings. The number of rotatable bonds is 5. The van der Waals surface area contributed by atoms with Gasteiger partial charge < -0.3 is 10.4 Å². The standard InChI is InChI=1S/C16H21N3O3/c20-14-8-6-12(7-9-14)10-18-19-15(21)11-17-16(22)13-4-2-1-3-5-13/h6-10,13,20H,1-5,11H2,(H,17,22)(H,19,21)/b18-10+. The van der Waals surface area contributed by atoms with Crippen LogP contribution in [0.25, 0.3) is 0 Å². The molecule has 0 heterocycles. The Morgan fingerprint density at radius 3 is 2.55 bits per heavy atom. The zero-order chi connectivity index (χ0) is 15.8. The molecule has 1 fully saturated rings. The van der Waals surface area contributed by atoms with Crippen molar-refractivity contribution in [3.05, 3.63) is 29.8 Å². The predicted octanol–water partition coefficient (Wildman–Crippen LogP) is 1.54. The summed E-state index contributed by atoms with van der Waals surface area (Å²) in [6.45, 7) is -0.0672. The zero-order valence-electron chi connectivity index (χ0n) is 12.4. The van der Waals surface area contributed by atoms with E-state index in [0.29, 0.717) is 0 Å². The Morgan fingerprint density at radius 1 is 1.18 bits per heavy atom. The number of aromatic hydroxyl groups is 1. The SMILES string of the molecule is O=C(CNC(=O)C1CCCCC1)N/N=C/c1ccc(O)cc1. The Morgan fingerprint density at radius 2 is 1.86 bits per heavy atom. The largest absolute Gasteiger partial charge is 0.508 e. The molecule has 0 radical (unpaired) electrons. The van der Waals surface area contributed by atoms with Gasteiger partial charge in [-0.05, 0) is 42.7 Å². The van der Waals surface area contributed by atoms with Crippen LogP contribution in [-0.2, 0) is 9.59 Å². The van der Waals surface area contributed by atoms with Gasteiger partial charge in [-0.15, -0.1) is 0 Å². The molecule has 1 aromatic rings. The minimum absolute atomic E-state index is 0.0436. The number of phenolic OH excluding ortho intramolecular Hbond substituents is 1. The van der Waals surface area contributed by atoms with Crippen molar-refractivity contribution in [2.75, 3.05) is 6.54 Å². The van der Waals surface area contributed by atoms with Crippen molar-refractivity contribution in [2.45, 2.75) is 32.1 Å². The molecule has 0 aliphatic heterocycles. The van der Waals surface area contributed by atoms with E-state index in [2.05, 4.69) is 15.8 Å². The summed E-state index contributed by atoms with van der Waals surface area (Å²) in [6.07, 6.45) is 6.65. The predicted molar refractivity (Wildman–Crippen MR) is 83.4 cm³/mol. The molecule has 1 saturated carbocycles. The molecular weight excluding hydrogens is 282 g/mol. The summed E-state index contributed by atoms with van der Waals surface area (Å²) in [4.78, 5) is 23.5. The number of phenols is 1. The highest BCUT2D eigenvalue weighted by molar-refractivity contribution is 5.87. The van der Waals surface area contributed by atoms with Gasteiger partial charge in [-0.2, -0.15) is 5.10 Å². The second kappa shape index (κ2) is 8.17. The molecule has 22 heavy (non-hydrogen) atoms. The second-order valence-electron chi connectivity index (χ2n) is 5.44. The number of amides is 2. The Kier molecular flexibility index (Phi) is 5.94. The molecular formula is C16H21N3O3. The first-order chi connectivity index (χ1) is 10.6. The highest BCUT2D eigenvalue weighted by atomic mass is 16.3. The van der Waals surface area contributed by atoms with Gasteiger partial charge in [-0.1, -0.05) is 19.3 Å². The van der Waals surface area contributed by atoms with Crippen LogP contribution in [0.2, 0.25) is 0 Å². The Hall–Kier alpha value is -2.37. The molecule has 118 valence electrons. The van der Waals surface area contributed by atoms with Crippen molar-refractivity contribution in [3.63, 3.8) is 0 Å². The topological polar surface area (TPSA) is 90.8 Å². The summed E-state index contributed by atoms with van der Waals surface area (Å²) in [5, 5.41) is 15.6. The highest BCUT2D eigenvalue weighted by Crippen LogP contribution is 2.23. The number of benzene rings is 1. The van der Waals surface area contributed by atoms with Crippen LogP contribution in [0.1, 0.15) is 37.7 Å². The highest BCUT2D eigenvalue weighted by Gasteiger charge is 2.21. The third kappa shape index (κ3) is 5.20. The number of carbonyl (C=O) groups excluding carboxylic acids is 2. The van der Waals surface area contributed by atoms with Crippen LogP contribution in [0.5, 0.6) is 5.75 Å². The molecule has 1 aliphatic carbocycles. The van der Waals surface area contributed by atoms with Crippen LogP contribution in [0.15, 0.2) is 29.4 Å². The first-order valence-corrected chi connectivity index (χ1v) is 7.54. The van der Waals surface area contributed by atoms with Gasteiger partial charge in [0.2, 0.25) is 5.91 Å². The number of carbonyl (C=O) groups is 2. The summed E-state index contributed by atoms with van der Waals surface area (Å²) < 4.78 is 0. The maximum Gasteiger partial charge on any atom is 0.259 e. The lowest BCUT2D eigenvalue weighted by molar-refractivity contribution is -0.129. The lowest BCUT2D eigenvalue weighted by Crippen LogP contribution is -2.38. The van der Waals surface area contributed by atoms with E-state index in [1.807, 2.05) is 0 Å². The van der Waals surface area contributed by atoms with E-state index >= 15 is 0 Å². The summed E-state index contributed by atoms with van der Waals surface area (Å²) in [7, 11) is 0. The Balaban J connectivity index is 1.69. The lowest BCUT2D eigenvalue weighted by Gasteiger charge is -2.20. The zero-order valence-corrected chi connectivity index (χ0v) is 12.4. The summed E-state index contributed by atoms with van der Waals surface area (Å²) in [6, 6.07) is 6.42. The minimum Gasteiger partial charge on any atom is -0.508 e. The third-order valence-electron chi connectivity index (χ3n) is 3.70. The number of nitrogens with zero attached hydrogens (tertiary/aromatic N) is 1. The van der Waals surface area contributed by atoms with E-state index < -0.39 is 0 Å². The molecule has 0 atom stereocenters. The van der Waals surface area contributed by atoms with Gasteiger partial charge in [0.1, 0.15) is 5.75 Å². The fraction of sp³-hybridized carbons (Fsp3) is 0.438. The monoisotopic (exact) mass is 303 g/mol. The number of hydrazone groups is 1. The minimum atomic E-state index is -0.362. The number of nitrogens with one attached hydrogen (secondary N) is 2. The van der Waals surface area contributed by atoms with Crippen molar-refractivity contribution in [2.24, 2.45) is 11.0 Å². The van der Waals surface area contributed by atoms with Gasteiger partial charge in [0, 0.05) is 5.92 Å². The van der Waals surface area contributed by atoms with Gasteiger partial charge >= 0.3 is 0 Å². The Labute approximate surface area is 129 Å². The fourth-order valence-corrected chi connectivity index (χ4v) is 2.46. The van der Waals surface area contributed by atoms with E-state index in [1.54, 1.807) is 12.1 Å². The smallest absolute Gasteiger partial charge is 0.259 e. The maximum absolute atomic E-state index is 11.9. The van der Waals surface area contributed by atoms with Gasteiger partial charge in [0.05, 0.1) is 12.8 Å². The molecule has 2 amide bonds. The van der Waals surface area contributed by atoms with Crippen LogP contribution in [0.3, 0.4) is 0 Å². The Bertz CT molecular complexity index is 534. The van der Waals surface area contributed by atoms with Gasteiger partial charge in [0.25, 0.3) is 5.91 Å². The molecule has 0 aromatic heterocycles. The lowest BCUT2D eigenvalue weighted by atomic mass is 9.89. The first kappa shape index (κ1) is 16.0. The van der Waals surface area contributed by atoms with Crippen molar-refractivity contribution < 1.29 is 14.7 Å². The molecule has 6 nitrogen and oxygen atoms in total. The summed E-state index contributed by atoms with van der Waals surface area (Å²) >= 11 is 0. The van der Waals surface area contributed by atoms with E-state index in [-0.39, 0.29) is 30.0 Å². The average Bonchev–Trinajstić information content (AvgIpc) is 2.55. The van der Waals surface area contributed by atoms with E-state index in [0.717, 1.165) is 31.2 Å². The van der Waals surface area contributed by atoms with Crippen molar-refractivity contribution in [1.82, 2.24) is 10.7 Å². The second-order valence-corrected chi connectivity index (χ2v) is 5.44. The average molecular weight is 303 g/mol. The van der Waals surface area contributed by atoms with Crippen LogP contribution in [0.4, 0.5) is 0 Å². The van der Waals surface area contributed by atoms with Crippen LogP contribution < -0.4 is 10.7 Å². The number of hydrogen-bond donors (Lipinski definition) is 3.